The summed E-state index contributed by atoms with van der Waals surface area (Å²) >= 11 is 1.97. The molecule has 0 bridgehead atoms. The Hall–Kier alpha value is -0.220. The van der Waals surface area contributed by atoms with Crippen LogP contribution in [0.3, 0.4) is 0 Å². The van der Waals surface area contributed by atoms with E-state index >= 15 is 0 Å². The minimum atomic E-state index is 0.0266. The molecule has 1 rings (SSSR count). The first-order chi connectivity index (χ1) is 8.17. The van der Waals surface area contributed by atoms with E-state index in [0.717, 1.165) is 25.0 Å². The summed E-state index contributed by atoms with van der Waals surface area (Å²) < 4.78 is 0. The molecule has 1 saturated carbocycles. The second-order valence-electron chi connectivity index (χ2n) is 4.85. The van der Waals surface area contributed by atoms with Crippen molar-refractivity contribution < 1.29 is 4.79 Å². The molecular formula is C13H26N2OS. The van der Waals surface area contributed by atoms with Crippen LogP contribution in [-0.4, -0.2) is 29.0 Å². The summed E-state index contributed by atoms with van der Waals surface area (Å²) in [5, 5.41) is 3.78. The van der Waals surface area contributed by atoms with Gasteiger partial charge in [-0.1, -0.05) is 26.7 Å². The normalized spacial score (nSPS) is 25.8. The van der Waals surface area contributed by atoms with Gasteiger partial charge in [0.05, 0.1) is 0 Å². The second-order valence-corrected chi connectivity index (χ2v) is 6.37. The fourth-order valence-electron chi connectivity index (χ4n) is 2.48. The lowest BCUT2D eigenvalue weighted by Crippen LogP contribution is -2.41. The summed E-state index contributed by atoms with van der Waals surface area (Å²) in [7, 11) is 0. The van der Waals surface area contributed by atoms with E-state index in [1.165, 1.54) is 12.8 Å². The van der Waals surface area contributed by atoms with Gasteiger partial charge in [-0.15, -0.1) is 0 Å². The van der Waals surface area contributed by atoms with Crippen molar-refractivity contribution in [2.24, 2.45) is 5.73 Å². The highest BCUT2D eigenvalue weighted by Crippen LogP contribution is 2.29. The molecule has 0 aromatic carbocycles. The van der Waals surface area contributed by atoms with Crippen molar-refractivity contribution in [3.63, 3.8) is 0 Å². The van der Waals surface area contributed by atoms with Crippen molar-refractivity contribution >= 4 is 17.7 Å². The molecule has 3 nitrogen and oxygen atoms in total. The maximum absolute atomic E-state index is 11.8. The number of nitrogens with two attached hydrogens (primary N) is 1. The van der Waals surface area contributed by atoms with Gasteiger partial charge in [-0.05, 0) is 25.0 Å². The van der Waals surface area contributed by atoms with Gasteiger partial charge in [-0.3, -0.25) is 4.79 Å². The van der Waals surface area contributed by atoms with Crippen molar-refractivity contribution in [3.05, 3.63) is 0 Å². The largest absolute Gasteiger partial charge is 0.352 e. The van der Waals surface area contributed by atoms with E-state index in [0.29, 0.717) is 17.7 Å². The van der Waals surface area contributed by atoms with Gasteiger partial charge in [0.1, 0.15) is 0 Å². The lowest BCUT2D eigenvalue weighted by atomic mass is 10.1. The van der Waals surface area contributed by atoms with Crippen LogP contribution in [0.1, 0.15) is 52.4 Å². The van der Waals surface area contributed by atoms with E-state index in [-0.39, 0.29) is 11.9 Å². The highest BCUT2D eigenvalue weighted by molar-refractivity contribution is 7.99. The second kappa shape index (κ2) is 7.98. The maximum Gasteiger partial charge on any atom is 0.221 e. The third-order valence-corrected chi connectivity index (χ3v) is 4.61. The SMILES string of the molecule is CCCC(N)CC(=O)NC1CCCC1SCC. The first-order valence-electron chi connectivity index (χ1n) is 6.83. The Balaban J connectivity index is 2.29. The maximum atomic E-state index is 11.8. The van der Waals surface area contributed by atoms with Crippen molar-refractivity contribution in [1.82, 2.24) is 5.32 Å². The summed E-state index contributed by atoms with van der Waals surface area (Å²) in [5.74, 6) is 1.27. The Bertz CT molecular complexity index is 235. The molecule has 0 radical (unpaired) electrons. The van der Waals surface area contributed by atoms with Crippen LogP contribution in [0.5, 0.6) is 0 Å². The molecule has 17 heavy (non-hydrogen) atoms. The zero-order valence-corrected chi connectivity index (χ0v) is 11.9. The van der Waals surface area contributed by atoms with Gasteiger partial charge >= 0.3 is 0 Å². The number of amides is 1. The monoisotopic (exact) mass is 258 g/mol. The molecule has 3 unspecified atom stereocenters. The molecule has 0 heterocycles. The minimum absolute atomic E-state index is 0.0266. The summed E-state index contributed by atoms with van der Waals surface area (Å²) in [6.07, 6.45) is 6.08. The van der Waals surface area contributed by atoms with Crippen molar-refractivity contribution in [1.29, 1.82) is 0 Å². The van der Waals surface area contributed by atoms with Crippen LogP contribution < -0.4 is 11.1 Å². The van der Waals surface area contributed by atoms with E-state index in [9.17, 15) is 4.79 Å². The Morgan fingerprint density at radius 3 is 2.88 bits per heavy atom. The smallest absolute Gasteiger partial charge is 0.221 e. The molecule has 3 N–H and O–H groups in total. The third kappa shape index (κ3) is 5.30. The molecule has 1 amide bonds. The molecule has 4 heteroatoms. The number of nitrogens with one attached hydrogen (secondary N) is 1. The van der Waals surface area contributed by atoms with Gasteiger partial charge in [0, 0.05) is 23.8 Å². The summed E-state index contributed by atoms with van der Waals surface area (Å²) in [4.78, 5) is 11.8. The standard InChI is InChI=1S/C13H26N2OS/c1-3-6-10(14)9-13(16)15-11-7-5-8-12(11)17-4-2/h10-12H,3-9,14H2,1-2H3,(H,15,16). The van der Waals surface area contributed by atoms with Crippen LogP contribution in [0.25, 0.3) is 0 Å². The topological polar surface area (TPSA) is 55.1 Å². The fraction of sp³-hybridized carbons (Fsp3) is 0.923. The number of carbonyl (C=O) groups is 1. The molecule has 100 valence electrons. The van der Waals surface area contributed by atoms with E-state index in [2.05, 4.69) is 19.2 Å². The molecule has 1 fully saturated rings. The first-order valence-corrected chi connectivity index (χ1v) is 7.88. The zero-order valence-electron chi connectivity index (χ0n) is 11.1. The van der Waals surface area contributed by atoms with Crippen molar-refractivity contribution in [2.75, 3.05) is 5.75 Å². The van der Waals surface area contributed by atoms with E-state index in [4.69, 9.17) is 5.73 Å². The molecule has 0 spiro atoms. The highest BCUT2D eigenvalue weighted by atomic mass is 32.2. The van der Waals surface area contributed by atoms with Gasteiger partial charge < -0.3 is 11.1 Å². The van der Waals surface area contributed by atoms with Gasteiger partial charge in [-0.25, -0.2) is 0 Å². The summed E-state index contributed by atoms with van der Waals surface area (Å²) in [6, 6.07) is 0.403. The van der Waals surface area contributed by atoms with Crippen LogP contribution in [0.4, 0.5) is 0 Å². The number of hydrogen-bond donors (Lipinski definition) is 2. The number of carbonyl (C=O) groups excluding carboxylic acids is 1. The molecule has 1 aliphatic carbocycles. The lowest BCUT2D eigenvalue weighted by molar-refractivity contribution is -0.122. The zero-order chi connectivity index (χ0) is 12.7. The highest BCUT2D eigenvalue weighted by Gasteiger charge is 2.28. The molecular weight excluding hydrogens is 232 g/mol. The first kappa shape index (κ1) is 14.8. The van der Waals surface area contributed by atoms with Crippen molar-refractivity contribution in [2.45, 2.75) is 69.7 Å². The molecule has 0 aromatic rings. The minimum Gasteiger partial charge on any atom is -0.352 e. The Morgan fingerprint density at radius 2 is 2.24 bits per heavy atom. The van der Waals surface area contributed by atoms with E-state index in [1.54, 1.807) is 0 Å². The van der Waals surface area contributed by atoms with Crippen LogP contribution in [0, 0.1) is 0 Å². The Kier molecular flexibility index (Phi) is 6.97. The predicted molar refractivity (Wildman–Crippen MR) is 75.2 cm³/mol. The van der Waals surface area contributed by atoms with Gasteiger partial charge in [0.2, 0.25) is 5.91 Å². The van der Waals surface area contributed by atoms with Crippen molar-refractivity contribution in [3.8, 4) is 0 Å². The average molecular weight is 258 g/mol. The number of hydrogen-bond acceptors (Lipinski definition) is 3. The van der Waals surface area contributed by atoms with E-state index in [1.807, 2.05) is 11.8 Å². The molecule has 3 atom stereocenters. The number of rotatable bonds is 7. The molecule has 1 aliphatic rings. The molecule has 0 aliphatic heterocycles. The van der Waals surface area contributed by atoms with Crippen LogP contribution in [0.15, 0.2) is 0 Å². The third-order valence-electron chi connectivity index (χ3n) is 3.29. The van der Waals surface area contributed by atoms with E-state index < -0.39 is 0 Å². The van der Waals surface area contributed by atoms with Crippen LogP contribution >= 0.6 is 11.8 Å². The predicted octanol–water partition coefficient (Wildman–Crippen LogP) is 2.29. The number of thioether (sulfide) groups is 1. The quantitative estimate of drug-likeness (QED) is 0.736. The average Bonchev–Trinajstić information content (AvgIpc) is 2.66. The van der Waals surface area contributed by atoms with Crippen LogP contribution in [0.2, 0.25) is 0 Å². The summed E-state index contributed by atoms with van der Waals surface area (Å²) in [5.41, 5.74) is 5.89. The fourth-order valence-corrected chi connectivity index (χ4v) is 3.68. The van der Waals surface area contributed by atoms with Gasteiger partial charge in [-0.2, -0.15) is 11.8 Å². The van der Waals surface area contributed by atoms with Gasteiger partial charge in [0.15, 0.2) is 0 Å². The van der Waals surface area contributed by atoms with Crippen LogP contribution in [-0.2, 0) is 4.79 Å². The molecule has 0 saturated heterocycles. The Labute approximate surface area is 109 Å². The van der Waals surface area contributed by atoms with Gasteiger partial charge in [0.25, 0.3) is 0 Å². The Morgan fingerprint density at radius 1 is 1.47 bits per heavy atom. The lowest BCUT2D eigenvalue weighted by Gasteiger charge is -2.21. The summed E-state index contributed by atoms with van der Waals surface area (Å²) in [6.45, 7) is 4.28. The molecule has 0 aromatic heterocycles.